The highest BCUT2D eigenvalue weighted by molar-refractivity contribution is 6.42. The van der Waals surface area contributed by atoms with Crippen molar-refractivity contribution in [3.05, 3.63) is 74.9 Å². The molecule has 0 saturated carbocycles. The Balaban J connectivity index is 1.77. The van der Waals surface area contributed by atoms with E-state index >= 15 is 0 Å². The summed E-state index contributed by atoms with van der Waals surface area (Å²) in [6.45, 7) is 3.80. The van der Waals surface area contributed by atoms with Crippen LogP contribution >= 0.6 is 23.2 Å². The number of tetrazole rings is 1. The first kappa shape index (κ1) is 18.5. The molecule has 1 aromatic heterocycles. The normalized spacial score (nSPS) is 15.8. The maximum atomic E-state index is 13.2. The molecule has 0 saturated heterocycles. The minimum absolute atomic E-state index is 0.258. The number of nitrogens with zero attached hydrogens (tertiary/aromatic N) is 4. The number of amides is 1. The predicted octanol–water partition coefficient (Wildman–Crippen LogP) is 4.22. The number of allylic oxidation sites excluding steroid dienone is 1. The number of benzene rings is 2. The molecule has 9 heteroatoms. The van der Waals surface area contributed by atoms with E-state index in [1.807, 2.05) is 44.2 Å². The first-order valence-electron chi connectivity index (χ1n) is 8.52. The maximum Gasteiger partial charge on any atom is 0.255 e. The molecule has 4 rings (SSSR count). The van der Waals surface area contributed by atoms with Gasteiger partial charge in [-0.15, -0.1) is 0 Å². The number of halogens is 2. The molecule has 7 nitrogen and oxygen atoms in total. The smallest absolute Gasteiger partial charge is 0.255 e. The Morgan fingerprint density at radius 3 is 2.57 bits per heavy atom. The second-order valence-corrected chi connectivity index (χ2v) is 7.32. The van der Waals surface area contributed by atoms with Crippen molar-refractivity contribution in [3.8, 4) is 0 Å². The Morgan fingerprint density at radius 1 is 1.11 bits per heavy atom. The molecule has 1 amide bonds. The molecule has 28 heavy (non-hydrogen) atoms. The average Bonchev–Trinajstić information content (AvgIpc) is 3.12. The third kappa shape index (κ3) is 3.34. The van der Waals surface area contributed by atoms with Gasteiger partial charge in [0, 0.05) is 11.4 Å². The van der Waals surface area contributed by atoms with E-state index in [9.17, 15) is 4.79 Å². The largest absolute Gasteiger partial charge is 0.326 e. The van der Waals surface area contributed by atoms with Crippen LogP contribution in [0.3, 0.4) is 0 Å². The highest BCUT2D eigenvalue weighted by Gasteiger charge is 2.34. The van der Waals surface area contributed by atoms with Gasteiger partial charge in [0.25, 0.3) is 5.91 Å². The van der Waals surface area contributed by atoms with Gasteiger partial charge in [0.2, 0.25) is 5.95 Å². The van der Waals surface area contributed by atoms with Gasteiger partial charge < -0.3 is 10.6 Å². The Bertz CT molecular complexity index is 1090. The summed E-state index contributed by atoms with van der Waals surface area (Å²) in [7, 11) is 0. The van der Waals surface area contributed by atoms with E-state index in [2.05, 4.69) is 26.2 Å². The van der Waals surface area contributed by atoms with E-state index in [0.29, 0.717) is 33.0 Å². The summed E-state index contributed by atoms with van der Waals surface area (Å²) in [5.41, 5.74) is 3.70. The Hall–Kier alpha value is -2.90. The highest BCUT2D eigenvalue weighted by atomic mass is 35.5. The molecule has 142 valence electrons. The molecule has 1 unspecified atom stereocenters. The second kappa shape index (κ2) is 7.26. The number of aromatic nitrogens is 4. The first-order valence-corrected chi connectivity index (χ1v) is 9.28. The maximum absolute atomic E-state index is 13.2. The monoisotopic (exact) mass is 414 g/mol. The topological polar surface area (TPSA) is 84.7 Å². The average molecular weight is 415 g/mol. The van der Waals surface area contributed by atoms with Crippen LogP contribution in [-0.2, 0) is 4.79 Å². The van der Waals surface area contributed by atoms with Crippen LogP contribution in [0.5, 0.6) is 0 Å². The zero-order valence-electron chi connectivity index (χ0n) is 15.1. The summed E-state index contributed by atoms with van der Waals surface area (Å²) in [6.07, 6.45) is 0. The number of fused-ring (bicyclic) bond motifs is 1. The lowest BCUT2D eigenvalue weighted by molar-refractivity contribution is -0.113. The van der Waals surface area contributed by atoms with Crippen LogP contribution in [0, 0.1) is 6.92 Å². The lowest BCUT2D eigenvalue weighted by atomic mass is 9.95. The Morgan fingerprint density at radius 2 is 1.86 bits per heavy atom. The SMILES string of the molecule is CC1=C(C(=O)Nc2ccc(C)cc2)C(c2ccc(Cl)c(Cl)c2)n2nnnc2N1. The molecule has 1 aliphatic rings. The van der Waals surface area contributed by atoms with Crippen LogP contribution in [0.25, 0.3) is 0 Å². The Labute approximate surface area is 171 Å². The zero-order chi connectivity index (χ0) is 19.8. The summed E-state index contributed by atoms with van der Waals surface area (Å²) >= 11 is 12.3. The van der Waals surface area contributed by atoms with E-state index in [1.165, 1.54) is 0 Å². The minimum atomic E-state index is -0.550. The summed E-state index contributed by atoms with van der Waals surface area (Å²) in [6, 6.07) is 12.3. The highest BCUT2D eigenvalue weighted by Crippen LogP contribution is 2.37. The molecule has 1 aliphatic heterocycles. The lowest BCUT2D eigenvalue weighted by Gasteiger charge is -2.28. The van der Waals surface area contributed by atoms with Crippen LogP contribution in [0.4, 0.5) is 11.6 Å². The number of carbonyl (C=O) groups excluding carboxylic acids is 1. The third-order valence-corrected chi connectivity index (χ3v) is 5.27. The fourth-order valence-electron chi connectivity index (χ4n) is 3.13. The summed E-state index contributed by atoms with van der Waals surface area (Å²) in [5.74, 6) is 0.187. The Kier molecular flexibility index (Phi) is 4.78. The van der Waals surface area contributed by atoms with Gasteiger partial charge in [-0.2, -0.15) is 4.68 Å². The van der Waals surface area contributed by atoms with Gasteiger partial charge in [0.1, 0.15) is 6.04 Å². The van der Waals surface area contributed by atoms with Gasteiger partial charge in [-0.3, -0.25) is 4.79 Å². The van der Waals surface area contributed by atoms with E-state index in [-0.39, 0.29) is 5.91 Å². The standard InChI is InChI=1S/C19H16Cl2N6O/c1-10-3-6-13(7-4-10)23-18(28)16-11(2)22-19-24-25-26-27(19)17(16)12-5-8-14(20)15(21)9-12/h3-9,17H,1-2H3,(H,23,28)(H,22,24,26). The van der Waals surface area contributed by atoms with Gasteiger partial charge in [-0.1, -0.05) is 52.1 Å². The summed E-state index contributed by atoms with van der Waals surface area (Å²) in [5, 5.41) is 18.6. The van der Waals surface area contributed by atoms with Crippen molar-refractivity contribution in [2.75, 3.05) is 10.6 Å². The van der Waals surface area contributed by atoms with Crippen LogP contribution < -0.4 is 10.6 Å². The number of anilines is 2. The van der Waals surface area contributed by atoms with Crippen molar-refractivity contribution >= 4 is 40.7 Å². The van der Waals surface area contributed by atoms with Crippen molar-refractivity contribution in [1.82, 2.24) is 20.2 Å². The molecular weight excluding hydrogens is 399 g/mol. The number of aryl methyl sites for hydroxylation is 1. The molecule has 3 aromatic rings. The molecule has 0 radical (unpaired) electrons. The van der Waals surface area contributed by atoms with E-state index in [1.54, 1.807) is 16.8 Å². The minimum Gasteiger partial charge on any atom is -0.326 e. The fraction of sp³-hybridized carbons (Fsp3) is 0.158. The fourth-order valence-corrected chi connectivity index (χ4v) is 3.44. The van der Waals surface area contributed by atoms with Gasteiger partial charge in [-0.05, 0) is 54.1 Å². The summed E-state index contributed by atoms with van der Waals surface area (Å²) in [4.78, 5) is 13.2. The van der Waals surface area contributed by atoms with Crippen molar-refractivity contribution in [2.45, 2.75) is 19.9 Å². The molecule has 0 fully saturated rings. The molecule has 0 bridgehead atoms. The van der Waals surface area contributed by atoms with Crippen LogP contribution in [0.1, 0.15) is 24.1 Å². The zero-order valence-corrected chi connectivity index (χ0v) is 16.6. The first-order chi connectivity index (χ1) is 13.4. The third-order valence-electron chi connectivity index (χ3n) is 4.53. The van der Waals surface area contributed by atoms with E-state index in [0.717, 1.165) is 11.1 Å². The van der Waals surface area contributed by atoms with Crippen molar-refractivity contribution in [3.63, 3.8) is 0 Å². The molecule has 2 N–H and O–H groups in total. The van der Waals surface area contributed by atoms with Crippen molar-refractivity contribution in [1.29, 1.82) is 0 Å². The van der Waals surface area contributed by atoms with Crippen molar-refractivity contribution in [2.24, 2.45) is 0 Å². The number of nitrogens with one attached hydrogen (secondary N) is 2. The van der Waals surface area contributed by atoms with Crippen molar-refractivity contribution < 1.29 is 4.79 Å². The van der Waals surface area contributed by atoms with Crippen LogP contribution in [-0.4, -0.2) is 26.1 Å². The van der Waals surface area contributed by atoms with E-state index < -0.39 is 6.04 Å². The lowest BCUT2D eigenvalue weighted by Crippen LogP contribution is -2.31. The molecule has 2 aromatic carbocycles. The van der Waals surface area contributed by atoms with Gasteiger partial charge in [0.05, 0.1) is 15.6 Å². The number of carbonyl (C=O) groups is 1. The molecule has 0 spiro atoms. The molecular formula is C19H16Cl2N6O. The molecule has 2 heterocycles. The number of rotatable bonds is 3. The number of hydrogen-bond donors (Lipinski definition) is 2. The summed E-state index contributed by atoms with van der Waals surface area (Å²) < 4.78 is 1.55. The van der Waals surface area contributed by atoms with E-state index in [4.69, 9.17) is 23.2 Å². The van der Waals surface area contributed by atoms with Gasteiger partial charge >= 0.3 is 0 Å². The van der Waals surface area contributed by atoms with Gasteiger partial charge in [0.15, 0.2) is 0 Å². The molecule has 1 atom stereocenters. The molecule has 0 aliphatic carbocycles. The van der Waals surface area contributed by atoms with Crippen LogP contribution in [0.15, 0.2) is 53.7 Å². The number of hydrogen-bond acceptors (Lipinski definition) is 5. The van der Waals surface area contributed by atoms with Gasteiger partial charge in [-0.25, -0.2) is 0 Å². The quantitative estimate of drug-likeness (QED) is 0.669. The van der Waals surface area contributed by atoms with Crippen LogP contribution in [0.2, 0.25) is 10.0 Å². The second-order valence-electron chi connectivity index (χ2n) is 6.51. The predicted molar refractivity (Wildman–Crippen MR) is 109 cm³/mol.